The van der Waals surface area contributed by atoms with E-state index in [0.717, 1.165) is 35.7 Å². The topological polar surface area (TPSA) is 39.1 Å². The summed E-state index contributed by atoms with van der Waals surface area (Å²) in [4.78, 5) is 0. The van der Waals surface area contributed by atoms with Crippen LogP contribution in [0.4, 0.5) is 0 Å². The summed E-state index contributed by atoms with van der Waals surface area (Å²) in [6.45, 7) is 8.28. The van der Waals surface area contributed by atoms with E-state index < -0.39 is 0 Å². The van der Waals surface area contributed by atoms with Crippen molar-refractivity contribution in [2.45, 2.75) is 33.9 Å². The fourth-order valence-electron chi connectivity index (χ4n) is 2.23. The van der Waals surface area contributed by atoms with E-state index in [1.165, 1.54) is 5.56 Å². The molecule has 0 aliphatic carbocycles. The molecular weight excluding hydrogens is 286 g/mol. The minimum absolute atomic E-state index is 0.431. The Morgan fingerprint density at radius 2 is 2.10 bits per heavy atom. The maximum absolute atomic E-state index is 6.24. The number of aryl methyl sites for hydroxylation is 3. The van der Waals surface area contributed by atoms with Gasteiger partial charge >= 0.3 is 0 Å². The van der Waals surface area contributed by atoms with Gasteiger partial charge in [-0.1, -0.05) is 36.2 Å². The van der Waals surface area contributed by atoms with E-state index in [9.17, 15) is 0 Å². The first-order valence-electron chi connectivity index (χ1n) is 7.14. The molecule has 21 heavy (non-hydrogen) atoms. The van der Waals surface area contributed by atoms with Crippen LogP contribution in [0, 0.1) is 13.8 Å². The minimum atomic E-state index is 0.431. The lowest BCUT2D eigenvalue weighted by atomic mass is 10.1. The molecular formula is C16H22ClN3O. The number of ether oxygens (including phenoxy) is 1. The van der Waals surface area contributed by atoms with Gasteiger partial charge in [-0.2, -0.15) is 5.10 Å². The van der Waals surface area contributed by atoms with Crippen LogP contribution in [-0.4, -0.2) is 16.3 Å². The van der Waals surface area contributed by atoms with Crippen LogP contribution in [0.1, 0.15) is 29.3 Å². The molecule has 2 rings (SSSR count). The van der Waals surface area contributed by atoms with Gasteiger partial charge < -0.3 is 10.1 Å². The van der Waals surface area contributed by atoms with Crippen LogP contribution in [0.3, 0.4) is 0 Å². The molecule has 1 heterocycles. The summed E-state index contributed by atoms with van der Waals surface area (Å²) >= 11 is 6.24. The van der Waals surface area contributed by atoms with Crippen molar-refractivity contribution in [1.29, 1.82) is 0 Å². The van der Waals surface area contributed by atoms with E-state index >= 15 is 0 Å². The quantitative estimate of drug-likeness (QED) is 0.889. The Labute approximate surface area is 131 Å². The number of hydrogen-bond donors (Lipinski definition) is 1. The number of hydrogen-bond acceptors (Lipinski definition) is 3. The highest BCUT2D eigenvalue weighted by Gasteiger charge is 2.13. The van der Waals surface area contributed by atoms with Gasteiger partial charge in [-0.15, -0.1) is 0 Å². The molecule has 114 valence electrons. The van der Waals surface area contributed by atoms with Crippen LogP contribution in [0.2, 0.25) is 5.15 Å². The summed E-state index contributed by atoms with van der Waals surface area (Å²) in [6.07, 6.45) is 0. The van der Waals surface area contributed by atoms with Crippen LogP contribution >= 0.6 is 11.6 Å². The fraction of sp³-hybridized carbons (Fsp3) is 0.438. The first-order valence-corrected chi connectivity index (χ1v) is 7.51. The Morgan fingerprint density at radius 1 is 1.33 bits per heavy atom. The second-order valence-electron chi connectivity index (χ2n) is 5.16. The second kappa shape index (κ2) is 6.96. The third kappa shape index (κ3) is 3.77. The van der Waals surface area contributed by atoms with Gasteiger partial charge in [-0.25, -0.2) is 0 Å². The highest BCUT2D eigenvalue weighted by atomic mass is 35.5. The molecule has 5 heteroatoms. The van der Waals surface area contributed by atoms with Crippen molar-refractivity contribution in [3.05, 3.63) is 45.7 Å². The summed E-state index contributed by atoms with van der Waals surface area (Å²) in [5.41, 5.74) is 4.23. The van der Waals surface area contributed by atoms with E-state index in [2.05, 4.69) is 36.4 Å². The molecule has 4 nitrogen and oxygen atoms in total. The monoisotopic (exact) mass is 307 g/mol. The summed E-state index contributed by atoms with van der Waals surface area (Å²) in [5, 5.41) is 8.27. The third-order valence-corrected chi connectivity index (χ3v) is 3.90. The number of nitrogens with zero attached hydrogens (tertiary/aromatic N) is 2. The number of rotatable bonds is 6. The van der Waals surface area contributed by atoms with Crippen LogP contribution in [-0.2, 0) is 20.2 Å². The number of aromatic nitrogens is 2. The van der Waals surface area contributed by atoms with Crippen LogP contribution in [0.5, 0.6) is 5.75 Å². The number of nitrogens with one attached hydrogen (secondary N) is 1. The van der Waals surface area contributed by atoms with E-state index in [4.69, 9.17) is 16.3 Å². The highest BCUT2D eigenvalue weighted by Crippen LogP contribution is 2.24. The van der Waals surface area contributed by atoms with Gasteiger partial charge in [-0.05, 0) is 26.5 Å². The maximum atomic E-state index is 6.24. The van der Waals surface area contributed by atoms with Crippen molar-refractivity contribution in [3.63, 3.8) is 0 Å². The summed E-state index contributed by atoms with van der Waals surface area (Å²) in [5.74, 6) is 0.890. The molecule has 2 aromatic rings. The van der Waals surface area contributed by atoms with Gasteiger partial charge in [0.1, 0.15) is 17.5 Å². The van der Waals surface area contributed by atoms with Crippen molar-refractivity contribution in [3.8, 4) is 5.75 Å². The Kier molecular flexibility index (Phi) is 5.26. The standard InChI is InChI=1S/C16H22ClN3O/c1-5-18-9-13-8-11(2)6-7-15(13)21-10-14-12(3)19-20(4)16(14)17/h6-8,18H,5,9-10H2,1-4H3. The molecule has 0 aliphatic rings. The van der Waals surface area contributed by atoms with Gasteiger partial charge in [0.15, 0.2) is 0 Å². The molecule has 0 unspecified atom stereocenters. The van der Waals surface area contributed by atoms with Crippen molar-refractivity contribution >= 4 is 11.6 Å². The zero-order valence-corrected chi connectivity index (χ0v) is 13.8. The third-order valence-electron chi connectivity index (χ3n) is 3.42. The fourth-order valence-corrected chi connectivity index (χ4v) is 2.46. The maximum Gasteiger partial charge on any atom is 0.133 e. The zero-order valence-electron chi connectivity index (χ0n) is 13.0. The molecule has 0 amide bonds. The van der Waals surface area contributed by atoms with Crippen LogP contribution < -0.4 is 10.1 Å². The Bertz CT molecular complexity index is 622. The molecule has 0 bridgehead atoms. The minimum Gasteiger partial charge on any atom is -0.488 e. The lowest BCUT2D eigenvalue weighted by molar-refractivity contribution is 0.301. The van der Waals surface area contributed by atoms with Crippen LogP contribution in [0.25, 0.3) is 0 Å². The Morgan fingerprint density at radius 3 is 2.71 bits per heavy atom. The number of halogens is 1. The molecule has 0 radical (unpaired) electrons. The van der Waals surface area contributed by atoms with Gasteiger partial charge in [0.2, 0.25) is 0 Å². The lowest BCUT2D eigenvalue weighted by Gasteiger charge is -2.13. The van der Waals surface area contributed by atoms with E-state index in [0.29, 0.717) is 11.8 Å². The SMILES string of the molecule is CCNCc1cc(C)ccc1OCc1c(C)nn(C)c1Cl. The van der Waals surface area contributed by atoms with Crippen molar-refractivity contribution in [2.24, 2.45) is 7.05 Å². The molecule has 1 aromatic carbocycles. The first kappa shape index (κ1) is 15.9. The van der Waals surface area contributed by atoms with Gasteiger partial charge in [-0.3, -0.25) is 4.68 Å². The van der Waals surface area contributed by atoms with E-state index in [1.807, 2.05) is 20.0 Å². The largest absolute Gasteiger partial charge is 0.488 e. The van der Waals surface area contributed by atoms with Crippen molar-refractivity contribution in [1.82, 2.24) is 15.1 Å². The second-order valence-corrected chi connectivity index (χ2v) is 5.52. The van der Waals surface area contributed by atoms with E-state index in [-0.39, 0.29) is 0 Å². The molecule has 0 aliphatic heterocycles. The predicted molar refractivity (Wildman–Crippen MR) is 85.8 cm³/mol. The summed E-state index contributed by atoms with van der Waals surface area (Å²) in [6, 6.07) is 6.22. The normalized spacial score (nSPS) is 10.9. The summed E-state index contributed by atoms with van der Waals surface area (Å²) < 4.78 is 7.64. The van der Waals surface area contributed by atoms with Gasteiger partial charge in [0.25, 0.3) is 0 Å². The summed E-state index contributed by atoms with van der Waals surface area (Å²) in [7, 11) is 1.83. The number of benzene rings is 1. The molecule has 1 N–H and O–H groups in total. The average molecular weight is 308 g/mol. The zero-order chi connectivity index (χ0) is 15.4. The molecule has 1 aromatic heterocycles. The molecule has 0 atom stereocenters. The van der Waals surface area contributed by atoms with Crippen molar-refractivity contribution < 1.29 is 4.74 Å². The predicted octanol–water partition coefficient (Wildman–Crippen LogP) is 3.38. The van der Waals surface area contributed by atoms with Crippen LogP contribution in [0.15, 0.2) is 18.2 Å². The highest BCUT2D eigenvalue weighted by molar-refractivity contribution is 6.30. The van der Waals surface area contributed by atoms with Gasteiger partial charge in [0.05, 0.1) is 5.69 Å². The van der Waals surface area contributed by atoms with Gasteiger partial charge in [0, 0.05) is 24.7 Å². The molecule has 0 saturated heterocycles. The molecule has 0 saturated carbocycles. The smallest absolute Gasteiger partial charge is 0.133 e. The first-order chi connectivity index (χ1) is 10.0. The van der Waals surface area contributed by atoms with Crippen molar-refractivity contribution in [2.75, 3.05) is 6.54 Å². The average Bonchev–Trinajstić information content (AvgIpc) is 2.69. The van der Waals surface area contributed by atoms with E-state index in [1.54, 1.807) is 4.68 Å². The lowest BCUT2D eigenvalue weighted by Crippen LogP contribution is -2.13. The molecule has 0 fully saturated rings. The Hall–Kier alpha value is -1.52. The Balaban J connectivity index is 2.15. The molecule has 0 spiro atoms.